The molecule has 0 unspecified atom stereocenters. The molecule has 0 saturated carbocycles. The molecule has 8 nitrogen and oxygen atoms in total. The molecule has 0 aliphatic heterocycles. The Morgan fingerprint density at radius 3 is 1.92 bits per heavy atom. The molecule has 3 atom stereocenters. The quantitative estimate of drug-likeness (QED) is 0.444. The molecule has 0 amide bonds. The summed E-state index contributed by atoms with van der Waals surface area (Å²) in [4.78, 5) is 45.5. The Bertz CT molecular complexity index is 445. The highest BCUT2D eigenvalue weighted by Gasteiger charge is 2.40. The first kappa shape index (κ1) is 21.9. The molecule has 0 radical (unpaired) electrons. The van der Waals surface area contributed by atoms with Crippen molar-refractivity contribution in [3.63, 3.8) is 0 Å². The van der Waals surface area contributed by atoms with E-state index in [1.165, 1.54) is 0 Å². The number of esters is 3. The van der Waals surface area contributed by atoms with Crippen LogP contribution in [0.3, 0.4) is 0 Å². The van der Waals surface area contributed by atoms with Gasteiger partial charge in [0.25, 0.3) is 0 Å². The summed E-state index contributed by atoms with van der Waals surface area (Å²) in [5.41, 5.74) is 0. The Balaban J connectivity index is 5.00. The van der Waals surface area contributed by atoms with Crippen molar-refractivity contribution in [1.82, 2.24) is 0 Å². The van der Waals surface area contributed by atoms with E-state index in [0.29, 0.717) is 0 Å². The Hall–Kier alpha value is -2.12. The highest BCUT2D eigenvalue weighted by molar-refractivity contribution is 5.88. The molecule has 0 aliphatic rings. The van der Waals surface area contributed by atoms with Gasteiger partial charge in [-0.05, 0) is 12.3 Å². The summed E-state index contributed by atoms with van der Waals surface area (Å²) in [7, 11) is 0. The summed E-state index contributed by atoms with van der Waals surface area (Å²) in [5, 5.41) is 9.12. The van der Waals surface area contributed by atoms with Gasteiger partial charge < -0.3 is 19.3 Å². The second kappa shape index (κ2) is 11.4. The summed E-state index contributed by atoms with van der Waals surface area (Å²) < 4.78 is 14.4. The Morgan fingerprint density at radius 2 is 1.50 bits per heavy atom. The lowest BCUT2D eigenvalue weighted by Crippen LogP contribution is -2.46. The van der Waals surface area contributed by atoms with Crippen LogP contribution in [-0.2, 0) is 33.4 Å². The van der Waals surface area contributed by atoms with Crippen LogP contribution < -0.4 is 0 Å². The molecular weight excluding hydrogens is 320 g/mol. The minimum Gasteiger partial charge on any atom is -0.478 e. The number of unbranched alkanes of at least 4 members (excludes halogenated alkanes) is 1. The van der Waals surface area contributed by atoms with E-state index in [0.717, 1.165) is 39.5 Å². The number of carbonyl (C=O) groups is 4. The maximum absolute atomic E-state index is 12.1. The van der Waals surface area contributed by atoms with Crippen molar-refractivity contribution in [3.8, 4) is 0 Å². The molecule has 0 spiro atoms. The van der Waals surface area contributed by atoms with E-state index in [-0.39, 0.29) is 12.5 Å². The van der Waals surface area contributed by atoms with E-state index in [1.807, 2.05) is 13.8 Å². The topological polar surface area (TPSA) is 116 Å². The molecule has 0 fully saturated rings. The zero-order valence-electron chi connectivity index (χ0n) is 14.6. The lowest BCUT2D eigenvalue weighted by Gasteiger charge is -2.23. The van der Waals surface area contributed by atoms with Crippen molar-refractivity contribution >= 4 is 23.9 Å². The molecule has 0 bridgehead atoms. The van der Waals surface area contributed by atoms with Gasteiger partial charge in [0.2, 0.25) is 12.2 Å². The number of hydrogen-bond acceptors (Lipinski definition) is 7. The number of rotatable bonds is 11. The molecule has 1 N–H and O–H groups in total. The Kier molecular flexibility index (Phi) is 10.4. The molecule has 0 saturated heterocycles. The van der Waals surface area contributed by atoms with Crippen LogP contribution in [0.2, 0.25) is 0 Å². The first-order valence-electron chi connectivity index (χ1n) is 7.96. The number of carboxylic acids is 1. The largest absolute Gasteiger partial charge is 0.478 e. The standard InChI is InChI=1S/C16H26O8/c1-5-7-8-12(6-2)9-22-16(21)14(24-11(4)18)13(15(19)20)23-10(3)17/h12-14H,5-9H2,1-4H3,(H,19,20)/t12-,13+,14+/m0/s1. The number of ether oxygens (including phenoxy) is 3. The minimum atomic E-state index is -1.95. The van der Waals surface area contributed by atoms with Crippen LogP contribution in [0.25, 0.3) is 0 Å². The Morgan fingerprint density at radius 1 is 0.958 bits per heavy atom. The summed E-state index contributed by atoms with van der Waals surface area (Å²) in [5.74, 6) is -4.32. The molecule has 0 heterocycles. The summed E-state index contributed by atoms with van der Waals surface area (Å²) >= 11 is 0. The van der Waals surface area contributed by atoms with Gasteiger partial charge in [-0.15, -0.1) is 0 Å². The van der Waals surface area contributed by atoms with Crippen molar-refractivity contribution in [1.29, 1.82) is 0 Å². The van der Waals surface area contributed by atoms with Crippen molar-refractivity contribution in [2.45, 2.75) is 65.6 Å². The van der Waals surface area contributed by atoms with E-state index in [2.05, 4.69) is 4.74 Å². The molecular formula is C16H26O8. The zero-order chi connectivity index (χ0) is 18.7. The molecule has 0 aromatic heterocycles. The smallest absolute Gasteiger partial charge is 0.352 e. The fraction of sp³-hybridized carbons (Fsp3) is 0.750. The van der Waals surface area contributed by atoms with Gasteiger partial charge >= 0.3 is 23.9 Å². The van der Waals surface area contributed by atoms with E-state index in [1.54, 1.807) is 0 Å². The average molecular weight is 346 g/mol. The fourth-order valence-electron chi connectivity index (χ4n) is 2.01. The van der Waals surface area contributed by atoms with Crippen molar-refractivity contribution in [2.24, 2.45) is 5.92 Å². The van der Waals surface area contributed by atoms with Gasteiger partial charge in [-0.2, -0.15) is 0 Å². The van der Waals surface area contributed by atoms with Crippen LogP contribution in [-0.4, -0.2) is 47.8 Å². The lowest BCUT2D eigenvalue weighted by molar-refractivity contribution is -0.188. The highest BCUT2D eigenvalue weighted by Crippen LogP contribution is 2.15. The SMILES string of the molecule is CCCC[C@H](CC)COC(=O)[C@H](OC(C)=O)[C@@H](OC(C)=O)C(=O)O. The van der Waals surface area contributed by atoms with Crippen molar-refractivity contribution in [2.75, 3.05) is 6.61 Å². The van der Waals surface area contributed by atoms with Gasteiger partial charge in [-0.25, -0.2) is 9.59 Å². The Labute approximate surface area is 141 Å². The van der Waals surface area contributed by atoms with Crippen LogP contribution in [0.4, 0.5) is 0 Å². The van der Waals surface area contributed by atoms with Crippen molar-refractivity contribution < 1.29 is 38.5 Å². The molecule has 24 heavy (non-hydrogen) atoms. The molecule has 0 aromatic carbocycles. The first-order chi connectivity index (χ1) is 11.2. The molecule has 8 heteroatoms. The lowest BCUT2D eigenvalue weighted by atomic mass is 10.0. The van der Waals surface area contributed by atoms with Gasteiger partial charge in [0.1, 0.15) is 0 Å². The summed E-state index contributed by atoms with van der Waals surface area (Å²) in [6, 6.07) is 0. The molecule has 0 aliphatic carbocycles. The third-order valence-corrected chi connectivity index (χ3v) is 3.34. The summed E-state index contributed by atoms with van der Waals surface area (Å²) in [6.07, 6.45) is -0.145. The first-order valence-corrected chi connectivity index (χ1v) is 7.96. The predicted octanol–water partition coefficient (Wildman–Crippen LogP) is 1.69. The van der Waals surface area contributed by atoms with Gasteiger partial charge in [-0.3, -0.25) is 9.59 Å². The summed E-state index contributed by atoms with van der Waals surface area (Å²) in [6.45, 7) is 6.09. The van der Waals surface area contributed by atoms with E-state index < -0.39 is 36.1 Å². The number of hydrogen-bond donors (Lipinski definition) is 1. The highest BCUT2D eigenvalue weighted by atomic mass is 16.6. The molecule has 0 rings (SSSR count). The van der Waals surface area contributed by atoms with E-state index in [4.69, 9.17) is 14.6 Å². The number of aliphatic carboxylic acids is 1. The number of carbonyl (C=O) groups excluding carboxylic acids is 3. The third kappa shape index (κ3) is 8.50. The fourth-order valence-corrected chi connectivity index (χ4v) is 2.01. The van der Waals surface area contributed by atoms with Crippen LogP contribution in [0.5, 0.6) is 0 Å². The second-order valence-electron chi connectivity index (χ2n) is 5.44. The third-order valence-electron chi connectivity index (χ3n) is 3.34. The normalized spacial score (nSPS) is 14.2. The zero-order valence-corrected chi connectivity index (χ0v) is 14.6. The second-order valence-corrected chi connectivity index (χ2v) is 5.44. The van der Waals surface area contributed by atoms with Crippen molar-refractivity contribution in [3.05, 3.63) is 0 Å². The maximum Gasteiger partial charge on any atom is 0.352 e. The van der Waals surface area contributed by atoms with Crippen LogP contribution in [0.1, 0.15) is 53.4 Å². The van der Waals surface area contributed by atoms with Gasteiger partial charge in [-0.1, -0.05) is 33.1 Å². The molecule has 0 aromatic rings. The monoisotopic (exact) mass is 346 g/mol. The van der Waals surface area contributed by atoms with E-state index in [9.17, 15) is 19.2 Å². The van der Waals surface area contributed by atoms with Crippen LogP contribution >= 0.6 is 0 Å². The van der Waals surface area contributed by atoms with Crippen LogP contribution in [0.15, 0.2) is 0 Å². The van der Waals surface area contributed by atoms with Gasteiger partial charge in [0.15, 0.2) is 0 Å². The van der Waals surface area contributed by atoms with E-state index >= 15 is 0 Å². The van der Waals surface area contributed by atoms with Gasteiger partial charge in [0, 0.05) is 13.8 Å². The molecule has 138 valence electrons. The maximum atomic E-state index is 12.1. The van der Waals surface area contributed by atoms with Gasteiger partial charge in [0.05, 0.1) is 6.61 Å². The van der Waals surface area contributed by atoms with Crippen LogP contribution in [0, 0.1) is 5.92 Å². The average Bonchev–Trinajstić information content (AvgIpc) is 2.49. The predicted molar refractivity (Wildman–Crippen MR) is 83.0 cm³/mol. The number of carboxylic acid groups (broad SMARTS) is 1. The minimum absolute atomic E-state index is 0.0828.